The third-order valence-corrected chi connectivity index (χ3v) is 3.93. The summed E-state index contributed by atoms with van der Waals surface area (Å²) in [6, 6.07) is 4.80. The van der Waals surface area contributed by atoms with Crippen LogP contribution >= 0.6 is 0 Å². The Morgan fingerprint density at radius 1 is 1.37 bits per heavy atom. The fourth-order valence-electron chi connectivity index (χ4n) is 2.74. The van der Waals surface area contributed by atoms with Gasteiger partial charge in [-0.25, -0.2) is 0 Å². The molecule has 2 rings (SSSR count). The number of aliphatic hydroxyl groups excluding tert-OH is 1. The van der Waals surface area contributed by atoms with Crippen LogP contribution in [0, 0.1) is 17.0 Å². The van der Waals surface area contributed by atoms with Crippen molar-refractivity contribution in [3.63, 3.8) is 0 Å². The van der Waals surface area contributed by atoms with Crippen molar-refractivity contribution in [1.82, 2.24) is 0 Å². The second-order valence-corrected chi connectivity index (χ2v) is 5.38. The maximum atomic E-state index is 10.7. The van der Waals surface area contributed by atoms with Crippen LogP contribution in [0.25, 0.3) is 0 Å². The fraction of sp³-hybridized carbons (Fsp3) is 0.571. The monoisotopic (exact) mass is 264 g/mol. The number of nitro benzene ring substituents is 1. The number of anilines is 1. The van der Waals surface area contributed by atoms with E-state index in [1.54, 1.807) is 12.1 Å². The quantitative estimate of drug-likeness (QED) is 0.647. The van der Waals surface area contributed by atoms with Crippen LogP contribution in [0.4, 0.5) is 11.4 Å². The minimum Gasteiger partial charge on any atom is -0.394 e. The number of benzene rings is 1. The van der Waals surface area contributed by atoms with Gasteiger partial charge in [-0.3, -0.25) is 10.1 Å². The van der Waals surface area contributed by atoms with Gasteiger partial charge < -0.3 is 10.4 Å². The summed E-state index contributed by atoms with van der Waals surface area (Å²) in [5.41, 5.74) is 1.55. The molecule has 1 aromatic carbocycles. The number of hydrogen-bond acceptors (Lipinski definition) is 4. The van der Waals surface area contributed by atoms with Crippen molar-refractivity contribution >= 4 is 11.4 Å². The number of non-ortho nitro benzene ring substituents is 1. The Hall–Kier alpha value is -1.62. The molecule has 0 radical (unpaired) electrons. The number of aryl methyl sites for hydroxylation is 1. The summed E-state index contributed by atoms with van der Waals surface area (Å²) in [5, 5.41) is 23.8. The Morgan fingerprint density at radius 3 is 2.58 bits per heavy atom. The molecule has 2 N–H and O–H groups in total. The fourth-order valence-corrected chi connectivity index (χ4v) is 2.74. The minimum atomic E-state index is -0.390. The molecule has 5 nitrogen and oxygen atoms in total. The molecule has 5 heteroatoms. The number of hydrogen-bond donors (Lipinski definition) is 2. The maximum Gasteiger partial charge on any atom is 0.269 e. The zero-order chi connectivity index (χ0) is 13.9. The molecule has 0 amide bonds. The van der Waals surface area contributed by atoms with Gasteiger partial charge in [0.25, 0.3) is 5.69 Å². The van der Waals surface area contributed by atoms with Crippen molar-refractivity contribution in [2.75, 3.05) is 11.9 Å². The molecule has 0 atom stereocenters. The van der Waals surface area contributed by atoms with Gasteiger partial charge in [0, 0.05) is 17.8 Å². The van der Waals surface area contributed by atoms with E-state index >= 15 is 0 Å². The van der Waals surface area contributed by atoms with Crippen molar-refractivity contribution in [3.05, 3.63) is 33.9 Å². The third kappa shape index (κ3) is 3.04. The molecule has 1 saturated carbocycles. The van der Waals surface area contributed by atoms with Gasteiger partial charge in [0.05, 0.1) is 17.1 Å². The lowest BCUT2D eigenvalue weighted by Gasteiger charge is -2.37. The molecular weight excluding hydrogens is 244 g/mol. The molecule has 0 saturated heterocycles. The van der Waals surface area contributed by atoms with Crippen molar-refractivity contribution in [2.45, 2.75) is 44.6 Å². The molecule has 1 aliphatic rings. The van der Waals surface area contributed by atoms with Crippen LogP contribution in [-0.4, -0.2) is 22.2 Å². The summed E-state index contributed by atoms with van der Waals surface area (Å²) >= 11 is 0. The van der Waals surface area contributed by atoms with E-state index in [0.717, 1.165) is 36.9 Å². The summed E-state index contributed by atoms with van der Waals surface area (Å²) in [7, 11) is 0. The second kappa shape index (κ2) is 5.57. The van der Waals surface area contributed by atoms with Gasteiger partial charge in [-0.15, -0.1) is 0 Å². The first-order valence-corrected chi connectivity index (χ1v) is 6.70. The number of rotatable bonds is 4. The van der Waals surface area contributed by atoms with Crippen LogP contribution in [0.2, 0.25) is 0 Å². The van der Waals surface area contributed by atoms with Crippen molar-refractivity contribution in [3.8, 4) is 0 Å². The van der Waals surface area contributed by atoms with E-state index in [0.29, 0.717) is 0 Å². The highest BCUT2D eigenvalue weighted by Gasteiger charge is 2.31. The Bertz CT molecular complexity index is 468. The zero-order valence-corrected chi connectivity index (χ0v) is 11.2. The lowest BCUT2D eigenvalue weighted by molar-refractivity contribution is -0.384. The second-order valence-electron chi connectivity index (χ2n) is 5.38. The van der Waals surface area contributed by atoms with Crippen LogP contribution in [0.15, 0.2) is 18.2 Å². The highest BCUT2D eigenvalue weighted by molar-refractivity contribution is 5.56. The topological polar surface area (TPSA) is 75.4 Å². The van der Waals surface area contributed by atoms with E-state index in [-0.39, 0.29) is 22.8 Å². The molecule has 0 spiro atoms. The highest BCUT2D eigenvalue weighted by Crippen LogP contribution is 2.33. The van der Waals surface area contributed by atoms with E-state index in [1.807, 2.05) is 6.92 Å². The van der Waals surface area contributed by atoms with Crippen molar-refractivity contribution in [1.29, 1.82) is 0 Å². The summed E-state index contributed by atoms with van der Waals surface area (Å²) in [6.07, 6.45) is 5.32. The first-order chi connectivity index (χ1) is 9.06. The van der Waals surface area contributed by atoms with E-state index in [2.05, 4.69) is 5.32 Å². The summed E-state index contributed by atoms with van der Waals surface area (Å²) in [6.45, 7) is 1.95. The van der Waals surface area contributed by atoms with Crippen LogP contribution < -0.4 is 5.32 Å². The molecule has 19 heavy (non-hydrogen) atoms. The number of aliphatic hydroxyl groups is 1. The van der Waals surface area contributed by atoms with Crippen molar-refractivity contribution in [2.24, 2.45) is 0 Å². The Morgan fingerprint density at radius 2 is 2.05 bits per heavy atom. The third-order valence-electron chi connectivity index (χ3n) is 3.93. The van der Waals surface area contributed by atoms with E-state index in [4.69, 9.17) is 0 Å². The molecule has 0 bridgehead atoms. The predicted octanol–water partition coefficient (Wildman–Crippen LogP) is 3.01. The van der Waals surface area contributed by atoms with Gasteiger partial charge in [-0.1, -0.05) is 19.3 Å². The van der Waals surface area contributed by atoms with E-state index in [1.165, 1.54) is 12.5 Å². The standard InChI is InChI=1S/C14H20N2O3/c1-11-9-12(16(18)19)5-6-13(11)15-14(10-17)7-3-2-4-8-14/h5-6,9,15,17H,2-4,7-8,10H2,1H3. The van der Waals surface area contributed by atoms with Gasteiger partial charge >= 0.3 is 0 Å². The molecule has 0 heterocycles. The SMILES string of the molecule is Cc1cc([N+](=O)[O-])ccc1NC1(CO)CCCCC1. The van der Waals surface area contributed by atoms with Gasteiger partial charge in [0.15, 0.2) is 0 Å². The number of nitro groups is 1. The Balaban J connectivity index is 2.20. The summed E-state index contributed by atoms with van der Waals surface area (Å²) in [4.78, 5) is 10.3. The largest absolute Gasteiger partial charge is 0.394 e. The summed E-state index contributed by atoms with van der Waals surface area (Å²) < 4.78 is 0. The lowest BCUT2D eigenvalue weighted by Crippen LogP contribution is -2.44. The van der Waals surface area contributed by atoms with Gasteiger partial charge in [0.2, 0.25) is 0 Å². The maximum absolute atomic E-state index is 10.7. The molecule has 1 fully saturated rings. The summed E-state index contributed by atoms with van der Waals surface area (Å²) in [5.74, 6) is 0. The molecular formula is C14H20N2O3. The normalized spacial score (nSPS) is 18.0. The van der Waals surface area contributed by atoms with Gasteiger partial charge in [0.1, 0.15) is 0 Å². The van der Waals surface area contributed by atoms with Crippen molar-refractivity contribution < 1.29 is 10.0 Å². The van der Waals surface area contributed by atoms with Gasteiger partial charge in [-0.2, -0.15) is 0 Å². The Labute approximate surface area is 112 Å². The molecule has 0 unspecified atom stereocenters. The van der Waals surface area contributed by atoms with Crippen LogP contribution in [0.3, 0.4) is 0 Å². The molecule has 0 aliphatic heterocycles. The van der Waals surface area contributed by atoms with E-state index in [9.17, 15) is 15.2 Å². The Kier molecular flexibility index (Phi) is 4.04. The van der Waals surface area contributed by atoms with Crippen LogP contribution in [-0.2, 0) is 0 Å². The number of nitrogens with zero attached hydrogens (tertiary/aromatic N) is 1. The lowest BCUT2D eigenvalue weighted by atomic mass is 9.82. The molecule has 0 aromatic heterocycles. The molecule has 104 valence electrons. The smallest absolute Gasteiger partial charge is 0.269 e. The average Bonchev–Trinajstić information content (AvgIpc) is 2.42. The molecule has 1 aliphatic carbocycles. The zero-order valence-electron chi connectivity index (χ0n) is 11.2. The van der Waals surface area contributed by atoms with Crippen LogP contribution in [0.5, 0.6) is 0 Å². The first-order valence-electron chi connectivity index (χ1n) is 6.70. The van der Waals surface area contributed by atoms with E-state index < -0.39 is 0 Å². The average molecular weight is 264 g/mol. The minimum absolute atomic E-state index is 0.101. The van der Waals surface area contributed by atoms with Crippen LogP contribution in [0.1, 0.15) is 37.7 Å². The molecule has 1 aromatic rings. The number of nitrogens with one attached hydrogen (secondary N) is 1. The predicted molar refractivity (Wildman–Crippen MR) is 74.4 cm³/mol. The highest BCUT2D eigenvalue weighted by atomic mass is 16.6. The van der Waals surface area contributed by atoms with Gasteiger partial charge in [-0.05, 0) is 31.4 Å². The first kappa shape index (κ1) is 13.8.